The molecule has 0 spiro atoms. The van der Waals surface area contributed by atoms with Crippen molar-refractivity contribution < 1.29 is 0 Å². The Labute approximate surface area is 305 Å². The molecule has 3 nitrogen and oxygen atoms in total. The lowest BCUT2D eigenvalue weighted by Gasteiger charge is -2.10. The molecule has 0 bridgehead atoms. The number of aromatic nitrogens is 3. The zero-order valence-corrected chi connectivity index (χ0v) is 29.4. The molecule has 0 saturated heterocycles. The molecule has 0 aliphatic rings. The highest BCUT2D eigenvalue weighted by atomic mass is 32.1. The van der Waals surface area contributed by atoms with Crippen LogP contribution in [0.25, 0.3) is 107 Å². The summed E-state index contributed by atoms with van der Waals surface area (Å²) in [5.41, 5.74) is 8.41. The Kier molecular flexibility index (Phi) is 5.81. The van der Waals surface area contributed by atoms with Crippen molar-refractivity contribution in [2.75, 3.05) is 0 Å². The number of hydrogen-bond acceptors (Lipinski definition) is 3. The lowest BCUT2D eigenvalue weighted by Crippen LogP contribution is -1.97. The normalized spacial score (nSPS) is 12.2. The highest BCUT2D eigenvalue weighted by molar-refractivity contribution is 7.26. The highest BCUT2D eigenvalue weighted by Gasteiger charge is 2.20. The number of thiophene rings is 2. The van der Waals surface area contributed by atoms with Gasteiger partial charge in [0.25, 0.3) is 0 Å². The summed E-state index contributed by atoms with van der Waals surface area (Å²) in [6, 6.07) is 57.8. The molecule has 0 atom stereocenters. The van der Waals surface area contributed by atoms with Gasteiger partial charge in [-0.25, -0.2) is 4.98 Å². The van der Waals surface area contributed by atoms with Gasteiger partial charge in [0.2, 0.25) is 0 Å². The van der Waals surface area contributed by atoms with Gasteiger partial charge in [-0.05, 0) is 71.8 Å². The molecule has 0 N–H and O–H groups in total. The molecule has 0 unspecified atom stereocenters. The fourth-order valence-corrected chi connectivity index (χ4v) is 10.9. The summed E-state index contributed by atoms with van der Waals surface area (Å²) < 4.78 is 9.96. The average molecular weight is 698 g/mol. The smallest absolute Gasteiger partial charge is 0.155 e. The Morgan fingerprint density at radius 3 is 1.54 bits per heavy atom. The largest absolute Gasteiger partial charge is 0.308 e. The van der Waals surface area contributed by atoms with Gasteiger partial charge >= 0.3 is 0 Å². The Hall–Kier alpha value is -6.27. The van der Waals surface area contributed by atoms with Crippen LogP contribution in [0.4, 0.5) is 0 Å². The molecule has 7 aromatic carbocycles. The maximum Gasteiger partial charge on any atom is 0.155 e. The van der Waals surface area contributed by atoms with E-state index in [0.717, 1.165) is 11.3 Å². The Bertz CT molecular complexity index is 3200. The predicted molar refractivity (Wildman–Crippen MR) is 224 cm³/mol. The summed E-state index contributed by atoms with van der Waals surface area (Å²) in [6.45, 7) is 0. The molecule has 0 radical (unpaired) electrons. The first-order valence-corrected chi connectivity index (χ1v) is 19.2. The molecule has 5 heterocycles. The Morgan fingerprint density at radius 1 is 0.365 bits per heavy atom. The van der Waals surface area contributed by atoms with Crippen LogP contribution < -0.4 is 0 Å². The van der Waals surface area contributed by atoms with Gasteiger partial charge in [-0.1, -0.05) is 97.1 Å². The van der Waals surface area contributed by atoms with E-state index in [1.807, 2.05) is 28.9 Å². The zero-order chi connectivity index (χ0) is 33.9. The standard InChI is InChI=1S/C47H27N3S2/c1-5-15-38-30(10-1)36-26-28(20-22-40(36)49(38)42-17-9-14-34-32-12-3-7-18-43(32)51-45(34)42)29-21-23-41-37(27-29)31-11-2-6-16-39(31)50(41)47-46-35(24-25-48-47)33-13-4-8-19-44(33)52-46/h1-27H. The molecule has 242 valence electrons. The van der Waals surface area contributed by atoms with Crippen LogP contribution in [0.3, 0.4) is 0 Å². The number of pyridine rings is 1. The lowest BCUT2D eigenvalue weighted by molar-refractivity contribution is 1.11. The van der Waals surface area contributed by atoms with E-state index in [9.17, 15) is 0 Å². The van der Waals surface area contributed by atoms with E-state index in [0.29, 0.717) is 0 Å². The Morgan fingerprint density at radius 2 is 0.865 bits per heavy atom. The summed E-state index contributed by atoms with van der Waals surface area (Å²) in [6.07, 6.45) is 1.96. The van der Waals surface area contributed by atoms with Crippen LogP contribution in [-0.4, -0.2) is 14.1 Å². The first kappa shape index (κ1) is 28.4. The third-order valence-electron chi connectivity index (χ3n) is 10.8. The second kappa shape index (κ2) is 10.6. The van der Waals surface area contributed by atoms with Crippen molar-refractivity contribution in [3.63, 3.8) is 0 Å². The van der Waals surface area contributed by atoms with Crippen LogP contribution in [0.5, 0.6) is 0 Å². The molecule has 0 amide bonds. The van der Waals surface area contributed by atoms with Crippen LogP contribution in [0.1, 0.15) is 0 Å². The van der Waals surface area contributed by atoms with Crippen molar-refractivity contribution >= 4 is 107 Å². The quantitative estimate of drug-likeness (QED) is 0.180. The van der Waals surface area contributed by atoms with Crippen molar-refractivity contribution in [2.24, 2.45) is 0 Å². The fourth-order valence-electron chi connectivity index (χ4n) is 8.50. The minimum Gasteiger partial charge on any atom is -0.308 e. The van der Waals surface area contributed by atoms with Gasteiger partial charge in [0.15, 0.2) is 5.82 Å². The molecular weight excluding hydrogens is 671 g/mol. The van der Waals surface area contributed by atoms with E-state index in [1.54, 1.807) is 0 Å². The molecule has 12 aromatic rings. The summed E-state index contributed by atoms with van der Waals surface area (Å²) in [5.74, 6) is 0.987. The van der Waals surface area contributed by atoms with Crippen LogP contribution in [0.15, 0.2) is 164 Å². The van der Waals surface area contributed by atoms with Crippen LogP contribution in [-0.2, 0) is 0 Å². The van der Waals surface area contributed by atoms with Gasteiger partial charge in [-0.2, -0.15) is 0 Å². The maximum absolute atomic E-state index is 5.02. The number of para-hydroxylation sites is 2. The molecular formula is C47H27N3S2. The molecule has 12 rings (SSSR count). The van der Waals surface area contributed by atoms with E-state index in [-0.39, 0.29) is 0 Å². The minimum absolute atomic E-state index is 0.987. The van der Waals surface area contributed by atoms with Crippen LogP contribution in [0, 0.1) is 0 Å². The third kappa shape index (κ3) is 3.87. The molecule has 0 aliphatic carbocycles. The minimum atomic E-state index is 0.987. The topological polar surface area (TPSA) is 22.8 Å². The molecule has 5 heteroatoms. The first-order valence-electron chi connectivity index (χ1n) is 17.5. The van der Waals surface area contributed by atoms with Crippen LogP contribution >= 0.6 is 22.7 Å². The average Bonchev–Trinajstić information content (AvgIpc) is 3.95. The lowest BCUT2D eigenvalue weighted by atomic mass is 10.0. The van der Waals surface area contributed by atoms with E-state index in [4.69, 9.17) is 4.98 Å². The monoisotopic (exact) mass is 697 g/mol. The third-order valence-corrected chi connectivity index (χ3v) is 13.2. The first-order chi connectivity index (χ1) is 25.8. The molecule has 0 fully saturated rings. The summed E-state index contributed by atoms with van der Waals surface area (Å²) >= 11 is 3.70. The van der Waals surface area contributed by atoms with Crippen molar-refractivity contribution in [1.82, 2.24) is 14.1 Å². The summed E-state index contributed by atoms with van der Waals surface area (Å²) in [5, 5.41) is 10.1. The maximum atomic E-state index is 5.02. The van der Waals surface area contributed by atoms with Gasteiger partial charge in [0, 0.05) is 58.7 Å². The van der Waals surface area contributed by atoms with Gasteiger partial charge in [-0.3, -0.25) is 4.57 Å². The number of hydrogen-bond donors (Lipinski definition) is 0. The van der Waals surface area contributed by atoms with E-state index in [1.165, 1.54) is 95.3 Å². The van der Waals surface area contributed by atoms with E-state index < -0.39 is 0 Å². The number of fused-ring (bicyclic) bond motifs is 12. The van der Waals surface area contributed by atoms with Gasteiger partial charge in [0.1, 0.15) is 0 Å². The Balaban J connectivity index is 1.07. The van der Waals surface area contributed by atoms with Crippen molar-refractivity contribution in [3.8, 4) is 22.6 Å². The second-order valence-electron chi connectivity index (χ2n) is 13.5. The fraction of sp³-hybridized carbons (Fsp3) is 0. The van der Waals surface area contributed by atoms with Gasteiger partial charge in [-0.15, -0.1) is 22.7 Å². The number of rotatable bonds is 3. The number of nitrogens with zero attached hydrogens (tertiary/aromatic N) is 3. The van der Waals surface area contributed by atoms with E-state index >= 15 is 0 Å². The number of benzene rings is 7. The van der Waals surface area contributed by atoms with Crippen LogP contribution in [0.2, 0.25) is 0 Å². The summed E-state index contributed by atoms with van der Waals surface area (Å²) in [4.78, 5) is 5.02. The van der Waals surface area contributed by atoms with Crippen molar-refractivity contribution in [1.29, 1.82) is 0 Å². The molecule has 0 aliphatic heterocycles. The molecule has 0 saturated carbocycles. The zero-order valence-electron chi connectivity index (χ0n) is 27.7. The van der Waals surface area contributed by atoms with E-state index in [2.05, 4.69) is 167 Å². The molecule has 52 heavy (non-hydrogen) atoms. The molecule has 5 aromatic heterocycles. The predicted octanol–water partition coefficient (Wildman–Crippen LogP) is 13.7. The van der Waals surface area contributed by atoms with Crippen molar-refractivity contribution in [2.45, 2.75) is 0 Å². The van der Waals surface area contributed by atoms with Gasteiger partial charge in [0.05, 0.1) is 37.2 Å². The van der Waals surface area contributed by atoms with Crippen molar-refractivity contribution in [3.05, 3.63) is 164 Å². The second-order valence-corrected chi connectivity index (χ2v) is 15.6. The van der Waals surface area contributed by atoms with Gasteiger partial charge < -0.3 is 4.57 Å². The SMILES string of the molecule is c1ccc2c(c1)sc1c(-n3c4ccccc4c4cc(-c5ccc6c(c5)c5ccccc5n6-c5nccc6c5sc5ccccc56)ccc43)cccc12. The highest BCUT2D eigenvalue weighted by Crippen LogP contribution is 2.43. The summed E-state index contributed by atoms with van der Waals surface area (Å²) in [7, 11) is 0.